The maximum absolute atomic E-state index is 9.53. The highest BCUT2D eigenvalue weighted by Crippen LogP contribution is 2.48. The van der Waals surface area contributed by atoms with Crippen molar-refractivity contribution in [2.75, 3.05) is 7.11 Å². The first-order valence-corrected chi connectivity index (χ1v) is 10.4. The van der Waals surface area contributed by atoms with Gasteiger partial charge in [-0.2, -0.15) is 0 Å². The molecule has 0 bridgehead atoms. The fraction of sp³-hybridized carbons (Fsp3) is 1.00. The van der Waals surface area contributed by atoms with E-state index in [0.717, 1.165) is 0 Å². The molecular weight excluding hydrogens is 320 g/mol. The summed E-state index contributed by atoms with van der Waals surface area (Å²) < 4.78 is 19.4. The molecular formula is C7H17NO6P2S2. The van der Waals surface area contributed by atoms with Crippen molar-refractivity contribution in [3.8, 4) is 0 Å². The summed E-state index contributed by atoms with van der Waals surface area (Å²) in [7, 11) is 1.32. The smallest absolute Gasteiger partial charge is 0.324 e. The second-order valence-corrected chi connectivity index (χ2v) is 9.48. The van der Waals surface area contributed by atoms with Gasteiger partial charge in [-0.05, 0) is 49.3 Å². The van der Waals surface area contributed by atoms with Crippen molar-refractivity contribution in [2.24, 2.45) is 5.90 Å². The lowest BCUT2D eigenvalue weighted by molar-refractivity contribution is 0.0555. The van der Waals surface area contributed by atoms with Gasteiger partial charge in [0.15, 0.2) is 0 Å². The minimum absolute atomic E-state index is 0.170. The predicted octanol–water partition coefficient (Wildman–Crippen LogP) is 1.30. The highest BCUT2D eigenvalue weighted by molar-refractivity contribution is 8.07. The molecule has 1 aliphatic carbocycles. The van der Waals surface area contributed by atoms with E-state index >= 15 is 0 Å². The zero-order valence-corrected chi connectivity index (χ0v) is 13.2. The van der Waals surface area contributed by atoms with E-state index in [0.29, 0.717) is 25.7 Å². The van der Waals surface area contributed by atoms with Gasteiger partial charge in [0.05, 0.1) is 12.2 Å². The average molecular weight is 337 g/mol. The first kappa shape index (κ1) is 17.1. The summed E-state index contributed by atoms with van der Waals surface area (Å²) in [4.78, 5) is 18.9. The van der Waals surface area contributed by atoms with Crippen LogP contribution in [-0.4, -0.2) is 29.1 Å². The van der Waals surface area contributed by atoms with Gasteiger partial charge < -0.3 is 23.4 Å². The molecule has 0 aromatic heterocycles. The Labute approximate surface area is 116 Å². The molecule has 0 amide bonds. The van der Waals surface area contributed by atoms with E-state index in [1.807, 2.05) is 0 Å². The summed E-state index contributed by atoms with van der Waals surface area (Å²) in [5.74, 6) is 4.84. The summed E-state index contributed by atoms with van der Waals surface area (Å²) in [6.45, 7) is -6.45. The van der Waals surface area contributed by atoms with Crippen LogP contribution in [0.3, 0.4) is 0 Å². The maximum Gasteiger partial charge on any atom is 0.341 e. The van der Waals surface area contributed by atoms with E-state index in [-0.39, 0.29) is 12.2 Å². The van der Waals surface area contributed by atoms with Crippen molar-refractivity contribution in [3.05, 3.63) is 0 Å². The summed E-state index contributed by atoms with van der Waals surface area (Å²) in [6.07, 6.45) is 2.11. The Hall–Kier alpha value is 1.02. The van der Waals surface area contributed by atoms with Gasteiger partial charge in [-0.25, -0.2) is 10.5 Å². The molecule has 0 aromatic rings. The monoisotopic (exact) mass is 337 g/mol. The maximum atomic E-state index is 9.53. The van der Waals surface area contributed by atoms with E-state index in [9.17, 15) is 9.79 Å². The van der Waals surface area contributed by atoms with Crippen LogP contribution in [0, 0.1) is 0 Å². The van der Waals surface area contributed by atoms with E-state index in [1.165, 1.54) is 7.11 Å². The molecule has 18 heavy (non-hydrogen) atoms. The molecule has 0 heterocycles. The quantitative estimate of drug-likeness (QED) is 0.489. The van der Waals surface area contributed by atoms with Crippen LogP contribution < -0.4 is 5.90 Å². The molecule has 1 rings (SSSR count). The van der Waals surface area contributed by atoms with Gasteiger partial charge in [-0.15, -0.1) is 0 Å². The summed E-state index contributed by atoms with van der Waals surface area (Å²) in [6, 6.07) is 0. The minimum atomic E-state index is -3.33. The zero-order valence-electron chi connectivity index (χ0n) is 9.80. The summed E-state index contributed by atoms with van der Waals surface area (Å²) in [5.41, 5.74) is 0. The largest absolute Gasteiger partial charge is 0.341 e. The summed E-state index contributed by atoms with van der Waals surface area (Å²) in [5, 5.41) is 0. The fourth-order valence-electron chi connectivity index (χ4n) is 1.69. The van der Waals surface area contributed by atoms with Crippen LogP contribution in [0.4, 0.5) is 0 Å². The Morgan fingerprint density at radius 3 is 1.72 bits per heavy atom. The molecule has 11 heteroatoms. The van der Waals surface area contributed by atoms with Gasteiger partial charge >= 0.3 is 13.4 Å². The molecule has 0 saturated heterocycles. The molecule has 4 N–H and O–H groups in total. The van der Waals surface area contributed by atoms with Crippen molar-refractivity contribution in [1.82, 2.24) is 0 Å². The summed E-state index contributed by atoms with van der Waals surface area (Å²) >= 11 is 9.42. The SMILES string of the molecule is COP(O)(=S)OC1CCC(OP(O)(=S)ON)CC1. The van der Waals surface area contributed by atoms with Gasteiger partial charge in [-0.1, -0.05) is 0 Å². The molecule has 1 aliphatic rings. The second-order valence-electron chi connectivity index (χ2n) is 3.83. The number of nitrogens with two attached hydrogens (primary N) is 1. The van der Waals surface area contributed by atoms with E-state index in [4.69, 9.17) is 31.3 Å². The van der Waals surface area contributed by atoms with Crippen molar-refractivity contribution >= 4 is 37.1 Å². The molecule has 1 fully saturated rings. The van der Waals surface area contributed by atoms with Crippen molar-refractivity contribution < 1.29 is 28.0 Å². The third-order valence-corrected chi connectivity index (χ3v) is 5.63. The second kappa shape index (κ2) is 7.15. The zero-order chi connectivity index (χ0) is 13.8. The van der Waals surface area contributed by atoms with Gasteiger partial charge in [0.25, 0.3) is 0 Å². The molecule has 2 atom stereocenters. The van der Waals surface area contributed by atoms with Crippen LogP contribution in [0.5, 0.6) is 0 Å². The number of hydrogen-bond acceptors (Lipinski definition) is 7. The van der Waals surface area contributed by atoms with E-state index in [1.54, 1.807) is 0 Å². The lowest BCUT2D eigenvalue weighted by Gasteiger charge is -2.31. The van der Waals surface area contributed by atoms with Crippen LogP contribution in [-0.2, 0) is 41.8 Å². The molecule has 2 unspecified atom stereocenters. The average Bonchev–Trinajstić information content (AvgIpc) is 2.31. The number of hydrogen-bond donors (Lipinski definition) is 3. The van der Waals surface area contributed by atoms with Gasteiger partial charge in [0.1, 0.15) is 0 Å². The van der Waals surface area contributed by atoms with Crippen LogP contribution in [0.1, 0.15) is 25.7 Å². The van der Waals surface area contributed by atoms with Crippen molar-refractivity contribution in [1.29, 1.82) is 0 Å². The molecule has 1 saturated carbocycles. The molecule has 0 aromatic carbocycles. The Morgan fingerprint density at radius 2 is 1.39 bits per heavy atom. The molecule has 7 nitrogen and oxygen atoms in total. The van der Waals surface area contributed by atoms with Crippen LogP contribution >= 0.6 is 13.4 Å². The highest BCUT2D eigenvalue weighted by Gasteiger charge is 2.30. The standard InChI is InChI=1S/C7H17NO6P2S2/c1-11-15(9,17)12-6-2-4-7(5-3-6)13-16(10,18)14-8/h6-7H,2-5,8H2,1H3,(H,9,17)(H,10,18). The Morgan fingerprint density at radius 1 is 1.00 bits per heavy atom. The fourth-order valence-corrected chi connectivity index (χ4v) is 3.73. The van der Waals surface area contributed by atoms with E-state index in [2.05, 4.69) is 16.4 Å². The molecule has 0 spiro atoms. The van der Waals surface area contributed by atoms with Crippen LogP contribution in [0.25, 0.3) is 0 Å². The Bertz CT molecular complexity index is 328. The predicted molar refractivity (Wildman–Crippen MR) is 73.5 cm³/mol. The third-order valence-electron chi connectivity index (χ3n) is 2.55. The van der Waals surface area contributed by atoms with Crippen LogP contribution in [0.2, 0.25) is 0 Å². The molecule has 108 valence electrons. The van der Waals surface area contributed by atoms with Crippen molar-refractivity contribution in [2.45, 2.75) is 37.9 Å². The minimum Gasteiger partial charge on any atom is -0.324 e. The Kier molecular flexibility index (Phi) is 6.78. The lowest BCUT2D eigenvalue weighted by atomic mass is 9.95. The number of rotatable bonds is 6. The Balaban J connectivity index is 2.38. The topological polar surface area (TPSA) is 103 Å². The van der Waals surface area contributed by atoms with Gasteiger partial charge in [0, 0.05) is 7.11 Å². The van der Waals surface area contributed by atoms with Gasteiger partial charge in [-0.3, -0.25) is 0 Å². The lowest BCUT2D eigenvalue weighted by Crippen LogP contribution is -2.25. The normalized spacial score (nSPS) is 31.6. The first-order valence-electron chi connectivity index (χ1n) is 5.24. The van der Waals surface area contributed by atoms with Gasteiger partial charge in [0.2, 0.25) is 0 Å². The van der Waals surface area contributed by atoms with Crippen molar-refractivity contribution in [3.63, 3.8) is 0 Å². The van der Waals surface area contributed by atoms with E-state index < -0.39 is 13.4 Å². The first-order chi connectivity index (χ1) is 8.28. The molecule has 0 aliphatic heterocycles. The highest BCUT2D eigenvalue weighted by atomic mass is 32.5. The third kappa shape index (κ3) is 5.98. The molecule has 0 radical (unpaired) electrons. The van der Waals surface area contributed by atoms with Crippen LogP contribution in [0.15, 0.2) is 0 Å².